The van der Waals surface area contributed by atoms with Gasteiger partial charge in [0, 0.05) is 23.5 Å². The van der Waals surface area contributed by atoms with Crippen molar-refractivity contribution in [2.45, 2.75) is 44.7 Å². The summed E-state index contributed by atoms with van der Waals surface area (Å²) in [6.45, 7) is 9.42. The van der Waals surface area contributed by atoms with Crippen LogP contribution in [0, 0.1) is 13.8 Å². The van der Waals surface area contributed by atoms with Crippen molar-refractivity contribution in [2.24, 2.45) is 0 Å². The van der Waals surface area contributed by atoms with Gasteiger partial charge in [-0.2, -0.15) is 0 Å². The molecule has 2 aromatic rings. The number of aryl methyl sites for hydroxylation is 2. The highest BCUT2D eigenvalue weighted by Crippen LogP contribution is 2.26. The molecule has 5 nitrogen and oxygen atoms in total. The lowest BCUT2D eigenvalue weighted by molar-refractivity contribution is 0.0757. The molecule has 0 spiro atoms. The van der Waals surface area contributed by atoms with Crippen LogP contribution in [0.4, 0.5) is 11.4 Å². The molecule has 140 valence electrons. The lowest BCUT2D eigenvalue weighted by Gasteiger charge is -2.40. The monoisotopic (exact) mass is 374 g/mol. The van der Waals surface area contributed by atoms with E-state index in [1.807, 2.05) is 50.2 Å². The van der Waals surface area contributed by atoms with E-state index in [2.05, 4.69) is 23.5 Å². The van der Waals surface area contributed by atoms with Gasteiger partial charge < -0.3 is 9.64 Å². The van der Waals surface area contributed by atoms with Crippen LogP contribution >= 0.6 is 0 Å². The van der Waals surface area contributed by atoms with Crippen molar-refractivity contribution in [1.82, 2.24) is 0 Å². The highest BCUT2D eigenvalue weighted by Gasteiger charge is 2.25. The van der Waals surface area contributed by atoms with Crippen molar-refractivity contribution in [1.29, 1.82) is 0 Å². The largest absolute Gasteiger partial charge is 0.377 e. The molecule has 2 atom stereocenters. The molecule has 1 fully saturated rings. The van der Waals surface area contributed by atoms with E-state index in [-0.39, 0.29) is 12.1 Å². The number of hydrogen-bond acceptors (Lipinski definition) is 4. The Labute approximate surface area is 156 Å². The number of nitrogens with zero attached hydrogens (tertiary/aromatic N) is 1. The first-order valence-electron chi connectivity index (χ1n) is 8.84. The summed E-state index contributed by atoms with van der Waals surface area (Å²) in [5, 5.41) is 0. The fraction of sp³-hybridized carbons (Fsp3) is 0.400. The molecule has 0 aromatic heterocycles. The number of benzene rings is 2. The molecule has 26 heavy (non-hydrogen) atoms. The van der Waals surface area contributed by atoms with E-state index in [4.69, 9.17) is 4.74 Å². The van der Waals surface area contributed by atoms with Crippen molar-refractivity contribution in [3.63, 3.8) is 0 Å². The van der Waals surface area contributed by atoms with Gasteiger partial charge in [0.25, 0.3) is 10.0 Å². The molecule has 0 amide bonds. The van der Waals surface area contributed by atoms with Crippen LogP contribution in [0.1, 0.15) is 25.0 Å². The zero-order valence-corrected chi connectivity index (χ0v) is 16.5. The fourth-order valence-corrected chi connectivity index (χ4v) is 4.81. The van der Waals surface area contributed by atoms with E-state index in [1.54, 1.807) is 6.07 Å². The van der Waals surface area contributed by atoms with Crippen molar-refractivity contribution >= 4 is 21.4 Å². The summed E-state index contributed by atoms with van der Waals surface area (Å²) in [6.07, 6.45) is 0. The molecule has 1 heterocycles. The van der Waals surface area contributed by atoms with Crippen LogP contribution in [0.25, 0.3) is 0 Å². The summed E-state index contributed by atoms with van der Waals surface area (Å²) in [5.41, 5.74) is 3.41. The summed E-state index contributed by atoms with van der Waals surface area (Å²) < 4.78 is 33.6. The summed E-state index contributed by atoms with van der Waals surface area (Å²) >= 11 is 0. The Bertz CT molecular complexity index is 868. The maximum absolute atomic E-state index is 12.7. The van der Waals surface area contributed by atoms with E-state index in [0.717, 1.165) is 16.8 Å². The molecular weight excluding hydrogens is 348 g/mol. The zero-order chi connectivity index (χ0) is 18.9. The quantitative estimate of drug-likeness (QED) is 0.886. The molecule has 1 N–H and O–H groups in total. The van der Waals surface area contributed by atoms with Gasteiger partial charge in [0.05, 0.1) is 18.1 Å². The zero-order valence-electron chi connectivity index (χ0n) is 15.7. The Balaban J connectivity index is 1.80. The third-order valence-corrected chi connectivity index (χ3v) is 6.25. The summed E-state index contributed by atoms with van der Waals surface area (Å²) in [4.78, 5) is 2.62. The van der Waals surface area contributed by atoms with Gasteiger partial charge in [0.1, 0.15) is 0 Å². The van der Waals surface area contributed by atoms with Gasteiger partial charge in [-0.3, -0.25) is 4.72 Å². The van der Waals surface area contributed by atoms with Crippen molar-refractivity contribution in [3.8, 4) is 0 Å². The number of sulfonamides is 1. The number of ether oxygens (including phenoxy) is 1. The van der Waals surface area contributed by atoms with E-state index >= 15 is 0 Å². The SMILES string of the molecule is Cc1ccc(S(=O)(=O)Nc2ccc(N3C(C)COCC3C)cc2)c(C)c1. The predicted octanol–water partition coefficient (Wildman–Crippen LogP) is 3.72. The second-order valence-corrected chi connectivity index (χ2v) is 8.71. The molecule has 0 saturated carbocycles. The summed E-state index contributed by atoms with van der Waals surface area (Å²) in [7, 11) is -3.60. The average Bonchev–Trinajstić information content (AvgIpc) is 2.55. The average molecular weight is 375 g/mol. The van der Waals surface area contributed by atoms with Gasteiger partial charge in [-0.05, 0) is 63.6 Å². The van der Waals surface area contributed by atoms with Crippen LogP contribution in [0.5, 0.6) is 0 Å². The minimum Gasteiger partial charge on any atom is -0.377 e. The number of nitrogens with one attached hydrogen (secondary N) is 1. The number of hydrogen-bond donors (Lipinski definition) is 1. The number of rotatable bonds is 4. The van der Waals surface area contributed by atoms with Crippen molar-refractivity contribution in [2.75, 3.05) is 22.8 Å². The predicted molar refractivity (Wildman–Crippen MR) is 105 cm³/mol. The maximum Gasteiger partial charge on any atom is 0.262 e. The molecule has 6 heteroatoms. The Hall–Kier alpha value is -2.05. The molecule has 2 aromatic carbocycles. The maximum atomic E-state index is 12.7. The molecule has 0 bridgehead atoms. The van der Waals surface area contributed by atoms with E-state index < -0.39 is 10.0 Å². The highest BCUT2D eigenvalue weighted by molar-refractivity contribution is 7.92. The smallest absolute Gasteiger partial charge is 0.262 e. The molecule has 1 saturated heterocycles. The number of anilines is 2. The van der Waals surface area contributed by atoms with Crippen LogP contribution in [-0.4, -0.2) is 33.7 Å². The first-order chi connectivity index (χ1) is 12.3. The summed E-state index contributed by atoms with van der Waals surface area (Å²) in [5.74, 6) is 0. The first-order valence-corrected chi connectivity index (χ1v) is 10.3. The number of morpholine rings is 1. The van der Waals surface area contributed by atoms with E-state index in [0.29, 0.717) is 23.8 Å². The third kappa shape index (κ3) is 3.86. The van der Waals surface area contributed by atoms with E-state index in [9.17, 15) is 8.42 Å². The lowest BCUT2D eigenvalue weighted by atomic mass is 10.1. The first kappa shape index (κ1) is 18.7. The van der Waals surface area contributed by atoms with Crippen LogP contribution < -0.4 is 9.62 Å². The van der Waals surface area contributed by atoms with Crippen molar-refractivity contribution < 1.29 is 13.2 Å². The lowest BCUT2D eigenvalue weighted by Crippen LogP contribution is -2.49. The van der Waals surface area contributed by atoms with Gasteiger partial charge >= 0.3 is 0 Å². The fourth-order valence-electron chi connectivity index (χ4n) is 3.53. The van der Waals surface area contributed by atoms with Crippen LogP contribution in [0.3, 0.4) is 0 Å². The Kier molecular flexibility index (Phi) is 5.25. The van der Waals surface area contributed by atoms with Crippen LogP contribution in [-0.2, 0) is 14.8 Å². The Morgan fingerprint density at radius 2 is 1.62 bits per heavy atom. The van der Waals surface area contributed by atoms with Gasteiger partial charge in [-0.15, -0.1) is 0 Å². The molecule has 2 unspecified atom stereocenters. The molecule has 3 rings (SSSR count). The molecular formula is C20H26N2O3S. The summed E-state index contributed by atoms with van der Waals surface area (Å²) in [6, 6.07) is 13.4. The second kappa shape index (κ2) is 7.29. The Morgan fingerprint density at radius 1 is 1.00 bits per heavy atom. The third-order valence-electron chi connectivity index (χ3n) is 4.71. The Morgan fingerprint density at radius 3 is 2.19 bits per heavy atom. The van der Waals surface area contributed by atoms with Gasteiger partial charge in [0.2, 0.25) is 0 Å². The van der Waals surface area contributed by atoms with Crippen molar-refractivity contribution in [3.05, 3.63) is 53.6 Å². The van der Waals surface area contributed by atoms with E-state index in [1.165, 1.54) is 0 Å². The minimum absolute atomic E-state index is 0.288. The topological polar surface area (TPSA) is 58.6 Å². The van der Waals surface area contributed by atoms with Gasteiger partial charge in [-0.1, -0.05) is 17.7 Å². The second-order valence-electron chi connectivity index (χ2n) is 7.06. The van der Waals surface area contributed by atoms with Crippen LogP contribution in [0.15, 0.2) is 47.4 Å². The standard InChI is InChI=1S/C20H26N2O3S/c1-14-5-10-20(15(2)11-14)26(23,24)21-18-6-8-19(9-7-18)22-16(3)12-25-13-17(22)4/h5-11,16-17,21H,12-13H2,1-4H3. The molecule has 0 aliphatic carbocycles. The normalized spacial score (nSPS) is 20.8. The highest BCUT2D eigenvalue weighted by atomic mass is 32.2. The van der Waals surface area contributed by atoms with Crippen LogP contribution in [0.2, 0.25) is 0 Å². The minimum atomic E-state index is -3.60. The molecule has 1 aliphatic heterocycles. The van der Waals surface area contributed by atoms with Gasteiger partial charge in [-0.25, -0.2) is 8.42 Å². The molecule has 0 radical (unpaired) electrons. The molecule has 1 aliphatic rings. The van der Waals surface area contributed by atoms with Gasteiger partial charge in [0.15, 0.2) is 0 Å².